The zero-order valence-electron chi connectivity index (χ0n) is 14.5. The van der Waals surface area contributed by atoms with Crippen LogP contribution in [0.5, 0.6) is 0 Å². The minimum absolute atomic E-state index is 0.263. The maximum Gasteiger partial charge on any atom is 0.274 e. The second-order valence-electron chi connectivity index (χ2n) is 6.00. The molecule has 5 nitrogen and oxygen atoms in total. The first kappa shape index (κ1) is 16.6. The Morgan fingerprint density at radius 1 is 0.800 bits per heavy atom. The summed E-state index contributed by atoms with van der Waals surface area (Å²) in [5.41, 5.74) is 4.29. The zero-order valence-corrected chi connectivity index (χ0v) is 14.5. The number of carbonyl (C=O) groups is 1. The molecule has 0 atom stereocenters. The SMILES string of the molecule is Cc1ccc(NC(=O)c2cc(Nc3ccc(C)cc3)nc(C)n2)cc1. The summed E-state index contributed by atoms with van der Waals surface area (Å²) < 4.78 is 0. The molecule has 0 saturated heterocycles. The summed E-state index contributed by atoms with van der Waals surface area (Å²) in [5.74, 6) is 0.859. The highest BCUT2D eigenvalue weighted by atomic mass is 16.1. The molecule has 0 radical (unpaired) electrons. The fraction of sp³-hybridized carbons (Fsp3) is 0.150. The average molecular weight is 332 g/mol. The molecule has 3 rings (SSSR count). The van der Waals surface area contributed by atoms with Crippen molar-refractivity contribution in [1.82, 2.24) is 9.97 Å². The number of nitrogens with zero attached hydrogens (tertiary/aromatic N) is 2. The molecule has 2 aromatic carbocycles. The van der Waals surface area contributed by atoms with Crippen LogP contribution in [0, 0.1) is 20.8 Å². The lowest BCUT2D eigenvalue weighted by Gasteiger charge is -2.09. The van der Waals surface area contributed by atoms with Gasteiger partial charge in [-0.25, -0.2) is 9.97 Å². The second-order valence-corrected chi connectivity index (χ2v) is 6.00. The third-order valence-corrected chi connectivity index (χ3v) is 3.70. The highest BCUT2D eigenvalue weighted by Crippen LogP contribution is 2.17. The number of amides is 1. The molecule has 0 aliphatic carbocycles. The lowest BCUT2D eigenvalue weighted by Crippen LogP contribution is -2.15. The maximum atomic E-state index is 12.5. The Morgan fingerprint density at radius 2 is 1.36 bits per heavy atom. The van der Waals surface area contributed by atoms with Gasteiger partial charge in [0, 0.05) is 17.4 Å². The van der Waals surface area contributed by atoms with Gasteiger partial charge in [0.2, 0.25) is 0 Å². The van der Waals surface area contributed by atoms with E-state index in [0.717, 1.165) is 16.9 Å². The monoisotopic (exact) mass is 332 g/mol. The van der Waals surface area contributed by atoms with E-state index in [4.69, 9.17) is 0 Å². The number of hydrogen-bond donors (Lipinski definition) is 2. The topological polar surface area (TPSA) is 66.9 Å². The standard InChI is InChI=1S/C20H20N4O/c1-13-4-8-16(9-5-13)23-19-12-18(21-15(3)22-19)20(25)24-17-10-6-14(2)7-11-17/h4-12H,1-3H3,(H,24,25)(H,21,22,23). The van der Waals surface area contributed by atoms with Gasteiger partial charge in [0.25, 0.3) is 5.91 Å². The number of hydrogen-bond acceptors (Lipinski definition) is 4. The van der Waals surface area contributed by atoms with Crippen molar-refractivity contribution in [3.63, 3.8) is 0 Å². The van der Waals surface area contributed by atoms with Crippen LogP contribution in [0.2, 0.25) is 0 Å². The summed E-state index contributed by atoms with van der Waals surface area (Å²) in [7, 11) is 0. The van der Waals surface area contributed by atoms with E-state index in [2.05, 4.69) is 20.6 Å². The van der Waals surface area contributed by atoms with E-state index in [1.165, 1.54) is 5.56 Å². The lowest BCUT2D eigenvalue weighted by atomic mass is 10.2. The third kappa shape index (κ3) is 4.41. The summed E-state index contributed by atoms with van der Waals surface area (Å²) in [4.78, 5) is 21.1. The quantitative estimate of drug-likeness (QED) is 0.743. The first-order valence-corrected chi connectivity index (χ1v) is 8.07. The average Bonchev–Trinajstić information content (AvgIpc) is 2.58. The van der Waals surface area contributed by atoms with Gasteiger partial charge in [0.1, 0.15) is 17.3 Å². The molecule has 0 bridgehead atoms. The molecule has 1 heterocycles. The highest BCUT2D eigenvalue weighted by molar-refractivity contribution is 6.03. The first-order chi connectivity index (χ1) is 12.0. The molecule has 5 heteroatoms. The summed E-state index contributed by atoms with van der Waals surface area (Å²) in [6.45, 7) is 5.80. The molecule has 3 aromatic rings. The number of benzene rings is 2. The molecule has 0 aliphatic rings. The van der Waals surface area contributed by atoms with Crippen molar-refractivity contribution in [2.24, 2.45) is 0 Å². The predicted molar refractivity (Wildman–Crippen MR) is 100 cm³/mol. The zero-order chi connectivity index (χ0) is 17.8. The van der Waals surface area contributed by atoms with Crippen LogP contribution >= 0.6 is 0 Å². The fourth-order valence-corrected chi connectivity index (χ4v) is 2.36. The van der Waals surface area contributed by atoms with Crippen LogP contribution in [0.1, 0.15) is 27.4 Å². The maximum absolute atomic E-state index is 12.5. The Labute approximate surface area is 147 Å². The molecule has 0 spiro atoms. The molecule has 1 aromatic heterocycles. The van der Waals surface area contributed by atoms with Gasteiger partial charge in [-0.1, -0.05) is 35.4 Å². The number of rotatable bonds is 4. The van der Waals surface area contributed by atoms with Crippen molar-refractivity contribution in [3.05, 3.63) is 77.2 Å². The molecule has 2 N–H and O–H groups in total. The van der Waals surface area contributed by atoms with Crippen LogP contribution in [-0.4, -0.2) is 15.9 Å². The number of aromatic nitrogens is 2. The van der Waals surface area contributed by atoms with Crippen LogP contribution in [0.4, 0.5) is 17.2 Å². The molecular weight excluding hydrogens is 312 g/mol. The Bertz CT molecular complexity index is 887. The van der Waals surface area contributed by atoms with Crippen LogP contribution in [0.15, 0.2) is 54.6 Å². The van der Waals surface area contributed by atoms with Gasteiger partial charge < -0.3 is 10.6 Å². The van der Waals surface area contributed by atoms with Gasteiger partial charge in [-0.2, -0.15) is 0 Å². The number of carbonyl (C=O) groups excluding carboxylic acids is 1. The van der Waals surface area contributed by atoms with E-state index in [1.54, 1.807) is 13.0 Å². The molecule has 126 valence electrons. The molecule has 0 saturated carbocycles. The Balaban J connectivity index is 1.79. The normalized spacial score (nSPS) is 10.4. The van der Waals surface area contributed by atoms with Crippen LogP contribution in [0.3, 0.4) is 0 Å². The summed E-state index contributed by atoms with van der Waals surface area (Å²) in [6, 6.07) is 17.3. The van der Waals surface area contributed by atoms with Gasteiger partial charge in [0.15, 0.2) is 0 Å². The van der Waals surface area contributed by atoms with Crippen molar-refractivity contribution in [1.29, 1.82) is 0 Å². The van der Waals surface area contributed by atoms with Gasteiger partial charge in [-0.05, 0) is 45.0 Å². The summed E-state index contributed by atoms with van der Waals surface area (Å²) in [5, 5.41) is 6.06. The van der Waals surface area contributed by atoms with Crippen LogP contribution in [0.25, 0.3) is 0 Å². The smallest absolute Gasteiger partial charge is 0.274 e. The molecule has 25 heavy (non-hydrogen) atoms. The lowest BCUT2D eigenvalue weighted by molar-refractivity contribution is 0.102. The van der Waals surface area contributed by atoms with E-state index < -0.39 is 0 Å². The number of anilines is 3. The second kappa shape index (κ2) is 7.13. The van der Waals surface area contributed by atoms with Crippen LogP contribution in [-0.2, 0) is 0 Å². The number of nitrogens with one attached hydrogen (secondary N) is 2. The molecule has 0 unspecified atom stereocenters. The van der Waals surface area contributed by atoms with Crippen molar-refractivity contribution in [2.75, 3.05) is 10.6 Å². The Kier molecular flexibility index (Phi) is 4.75. The molecular formula is C20H20N4O. The predicted octanol–water partition coefficient (Wildman–Crippen LogP) is 4.40. The van der Waals surface area contributed by atoms with Crippen molar-refractivity contribution < 1.29 is 4.79 Å². The highest BCUT2D eigenvalue weighted by Gasteiger charge is 2.11. The summed E-state index contributed by atoms with van der Waals surface area (Å²) >= 11 is 0. The Morgan fingerprint density at radius 3 is 1.96 bits per heavy atom. The van der Waals surface area contributed by atoms with Gasteiger partial charge in [-0.15, -0.1) is 0 Å². The van der Waals surface area contributed by atoms with E-state index >= 15 is 0 Å². The molecule has 0 aliphatic heterocycles. The van der Waals surface area contributed by atoms with Crippen molar-refractivity contribution in [2.45, 2.75) is 20.8 Å². The molecule has 0 fully saturated rings. The molecule has 1 amide bonds. The van der Waals surface area contributed by atoms with Gasteiger partial charge in [-0.3, -0.25) is 4.79 Å². The van der Waals surface area contributed by atoms with Crippen molar-refractivity contribution in [3.8, 4) is 0 Å². The summed E-state index contributed by atoms with van der Waals surface area (Å²) in [6.07, 6.45) is 0. The van der Waals surface area contributed by atoms with Crippen LogP contribution < -0.4 is 10.6 Å². The Hall–Kier alpha value is -3.21. The van der Waals surface area contributed by atoms with E-state index in [0.29, 0.717) is 17.3 Å². The van der Waals surface area contributed by atoms with Gasteiger partial charge in [0.05, 0.1) is 0 Å². The van der Waals surface area contributed by atoms with Crippen molar-refractivity contribution >= 4 is 23.1 Å². The van der Waals surface area contributed by atoms with E-state index in [9.17, 15) is 4.79 Å². The van der Waals surface area contributed by atoms with E-state index in [1.807, 2.05) is 62.4 Å². The number of aryl methyl sites for hydroxylation is 3. The third-order valence-electron chi connectivity index (χ3n) is 3.70. The first-order valence-electron chi connectivity index (χ1n) is 8.07. The fourth-order valence-electron chi connectivity index (χ4n) is 2.36. The minimum atomic E-state index is -0.263. The largest absolute Gasteiger partial charge is 0.340 e. The minimum Gasteiger partial charge on any atom is -0.340 e. The van der Waals surface area contributed by atoms with E-state index in [-0.39, 0.29) is 5.91 Å². The van der Waals surface area contributed by atoms with Gasteiger partial charge >= 0.3 is 0 Å².